The Hall–Kier alpha value is -1.83. The second-order valence-corrected chi connectivity index (χ2v) is 5.19. The number of halogens is 3. The predicted molar refractivity (Wildman–Crippen MR) is 69.8 cm³/mol. The van der Waals surface area contributed by atoms with Gasteiger partial charge in [-0.05, 0) is 19.4 Å². The van der Waals surface area contributed by atoms with Crippen LogP contribution in [0.1, 0.15) is 13.3 Å². The molecule has 1 aliphatic heterocycles. The molecule has 0 bridgehead atoms. The molecule has 1 amide bonds. The molecule has 1 fully saturated rings. The van der Waals surface area contributed by atoms with E-state index in [0.29, 0.717) is 25.3 Å². The molecule has 8 heteroatoms. The van der Waals surface area contributed by atoms with E-state index >= 15 is 0 Å². The molecule has 0 spiro atoms. The molecular formula is C13H16F3N3O2. The van der Waals surface area contributed by atoms with E-state index in [1.165, 1.54) is 17.3 Å². The fourth-order valence-corrected chi connectivity index (χ4v) is 2.37. The van der Waals surface area contributed by atoms with E-state index < -0.39 is 24.2 Å². The van der Waals surface area contributed by atoms with Crippen LogP contribution in [0.4, 0.5) is 18.9 Å². The van der Waals surface area contributed by atoms with Crippen LogP contribution in [0, 0.1) is 0 Å². The van der Waals surface area contributed by atoms with Crippen LogP contribution in [0.25, 0.3) is 0 Å². The van der Waals surface area contributed by atoms with Crippen LogP contribution < -0.4 is 4.90 Å². The molecule has 1 atom stereocenters. The zero-order valence-corrected chi connectivity index (χ0v) is 11.6. The Morgan fingerprint density at radius 1 is 1.67 bits per heavy atom. The van der Waals surface area contributed by atoms with Gasteiger partial charge in [-0.3, -0.25) is 14.4 Å². The van der Waals surface area contributed by atoms with Crippen molar-refractivity contribution >= 4 is 11.6 Å². The Morgan fingerprint density at radius 3 is 2.90 bits per heavy atom. The molecule has 0 radical (unpaired) electrons. The molecular weight excluding hydrogens is 287 g/mol. The zero-order chi connectivity index (χ0) is 15.7. The number of carbonyl (C=O) groups is 1. The van der Waals surface area contributed by atoms with Crippen molar-refractivity contribution in [2.75, 3.05) is 18.1 Å². The fraction of sp³-hybridized carbons (Fsp3) is 0.538. The molecule has 0 aromatic carbocycles. The summed E-state index contributed by atoms with van der Waals surface area (Å²) in [4.78, 5) is 13.5. The number of anilines is 1. The third kappa shape index (κ3) is 3.44. The molecule has 0 aliphatic carbocycles. The van der Waals surface area contributed by atoms with Crippen LogP contribution in [-0.4, -0.2) is 40.6 Å². The predicted octanol–water partition coefficient (Wildman–Crippen LogP) is 2.14. The van der Waals surface area contributed by atoms with Crippen LogP contribution in [-0.2, 0) is 16.1 Å². The molecule has 1 aliphatic rings. The Bertz CT molecular complexity index is 533. The van der Waals surface area contributed by atoms with Crippen LogP contribution in [0.2, 0.25) is 0 Å². The first-order valence-electron chi connectivity index (χ1n) is 6.39. The van der Waals surface area contributed by atoms with Gasteiger partial charge in [-0.25, -0.2) is 0 Å². The van der Waals surface area contributed by atoms with E-state index in [9.17, 15) is 18.0 Å². The summed E-state index contributed by atoms with van der Waals surface area (Å²) in [5.74, 6) is -0.394. The summed E-state index contributed by atoms with van der Waals surface area (Å²) in [6, 6.07) is 0. The average molecular weight is 303 g/mol. The standard InChI is InChI=1S/C13H16F3N3O2/c1-3-11(20)19(12(2)4-5-21-9-12)10-6-17-18(7-10)8-13(14,15)16/h3,6-7H,1,4-5,8-9H2,2H3. The minimum atomic E-state index is -4.36. The summed E-state index contributed by atoms with van der Waals surface area (Å²) in [6.07, 6.45) is -0.187. The van der Waals surface area contributed by atoms with Crippen molar-refractivity contribution in [1.29, 1.82) is 0 Å². The van der Waals surface area contributed by atoms with Gasteiger partial charge in [0.1, 0.15) is 6.54 Å². The molecule has 1 unspecified atom stereocenters. The van der Waals surface area contributed by atoms with Crippen LogP contribution in [0.3, 0.4) is 0 Å². The molecule has 1 aromatic rings. The van der Waals surface area contributed by atoms with E-state index in [4.69, 9.17) is 4.74 Å². The van der Waals surface area contributed by atoms with Gasteiger partial charge in [0, 0.05) is 12.8 Å². The van der Waals surface area contributed by atoms with Gasteiger partial charge in [0.25, 0.3) is 5.91 Å². The van der Waals surface area contributed by atoms with Gasteiger partial charge in [0.15, 0.2) is 0 Å². The summed E-state index contributed by atoms with van der Waals surface area (Å²) in [5, 5.41) is 3.67. The van der Waals surface area contributed by atoms with Crippen LogP contribution in [0.15, 0.2) is 25.0 Å². The topological polar surface area (TPSA) is 47.4 Å². The maximum atomic E-state index is 12.4. The van der Waals surface area contributed by atoms with Crippen LogP contribution >= 0.6 is 0 Å². The Kier molecular flexibility index (Phi) is 4.08. The number of amides is 1. The normalized spacial score (nSPS) is 22.3. The maximum absolute atomic E-state index is 12.4. The highest BCUT2D eigenvalue weighted by Gasteiger charge is 2.40. The third-order valence-electron chi connectivity index (χ3n) is 3.35. The molecule has 1 saturated heterocycles. The van der Waals surface area contributed by atoms with Crippen LogP contribution in [0.5, 0.6) is 0 Å². The average Bonchev–Trinajstić information content (AvgIpc) is 2.98. The van der Waals surface area contributed by atoms with E-state index in [2.05, 4.69) is 11.7 Å². The fourth-order valence-electron chi connectivity index (χ4n) is 2.37. The van der Waals surface area contributed by atoms with Gasteiger partial charge < -0.3 is 4.74 Å². The quantitative estimate of drug-likeness (QED) is 0.801. The third-order valence-corrected chi connectivity index (χ3v) is 3.35. The van der Waals surface area contributed by atoms with Gasteiger partial charge >= 0.3 is 6.18 Å². The second-order valence-electron chi connectivity index (χ2n) is 5.19. The van der Waals surface area contributed by atoms with Crippen molar-refractivity contribution in [3.05, 3.63) is 25.0 Å². The second kappa shape index (κ2) is 5.51. The van der Waals surface area contributed by atoms with Gasteiger partial charge in [0.05, 0.1) is 24.0 Å². The highest BCUT2D eigenvalue weighted by Crippen LogP contribution is 2.31. The highest BCUT2D eigenvalue weighted by molar-refractivity contribution is 6.02. The molecule has 21 heavy (non-hydrogen) atoms. The number of alkyl halides is 3. The lowest BCUT2D eigenvalue weighted by molar-refractivity contribution is -0.142. The molecule has 5 nitrogen and oxygen atoms in total. The SMILES string of the molecule is C=CC(=O)N(c1cnn(CC(F)(F)F)c1)C1(C)CCOC1. The minimum Gasteiger partial charge on any atom is -0.379 e. The molecule has 2 rings (SSSR count). The first kappa shape index (κ1) is 15.6. The summed E-state index contributed by atoms with van der Waals surface area (Å²) >= 11 is 0. The molecule has 0 N–H and O–H groups in total. The van der Waals surface area contributed by atoms with Gasteiger partial charge in [-0.15, -0.1) is 0 Å². The molecule has 0 saturated carbocycles. The Balaban J connectivity index is 2.30. The summed E-state index contributed by atoms with van der Waals surface area (Å²) in [7, 11) is 0. The summed E-state index contributed by atoms with van der Waals surface area (Å²) < 4.78 is 43.2. The first-order chi connectivity index (χ1) is 9.75. The van der Waals surface area contributed by atoms with E-state index in [0.717, 1.165) is 10.8 Å². The Labute approximate surface area is 120 Å². The number of carbonyl (C=O) groups excluding carboxylic acids is 1. The minimum absolute atomic E-state index is 0.303. The summed E-state index contributed by atoms with van der Waals surface area (Å²) in [5.41, 5.74) is -0.311. The maximum Gasteiger partial charge on any atom is 0.408 e. The largest absolute Gasteiger partial charge is 0.408 e. The lowest BCUT2D eigenvalue weighted by atomic mass is 9.98. The van der Waals surface area contributed by atoms with Gasteiger partial charge in [-0.1, -0.05) is 6.58 Å². The lowest BCUT2D eigenvalue weighted by Gasteiger charge is -2.35. The van der Waals surface area contributed by atoms with Crippen molar-refractivity contribution in [3.63, 3.8) is 0 Å². The lowest BCUT2D eigenvalue weighted by Crippen LogP contribution is -2.50. The zero-order valence-electron chi connectivity index (χ0n) is 11.6. The molecule has 1 aromatic heterocycles. The van der Waals surface area contributed by atoms with Gasteiger partial charge in [-0.2, -0.15) is 18.3 Å². The van der Waals surface area contributed by atoms with E-state index in [1.54, 1.807) is 0 Å². The van der Waals surface area contributed by atoms with E-state index in [-0.39, 0.29) is 0 Å². The van der Waals surface area contributed by atoms with Crippen molar-refractivity contribution in [1.82, 2.24) is 9.78 Å². The van der Waals surface area contributed by atoms with Crippen molar-refractivity contribution in [2.24, 2.45) is 0 Å². The molecule has 2 heterocycles. The number of nitrogens with zero attached hydrogens (tertiary/aromatic N) is 3. The van der Waals surface area contributed by atoms with Crippen molar-refractivity contribution in [3.8, 4) is 0 Å². The number of aromatic nitrogens is 2. The Morgan fingerprint density at radius 2 is 2.38 bits per heavy atom. The van der Waals surface area contributed by atoms with Crippen molar-refractivity contribution in [2.45, 2.75) is 31.6 Å². The number of ether oxygens (including phenoxy) is 1. The number of hydrogen-bond acceptors (Lipinski definition) is 3. The van der Waals surface area contributed by atoms with Gasteiger partial charge in [0.2, 0.25) is 0 Å². The smallest absolute Gasteiger partial charge is 0.379 e. The first-order valence-corrected chi connectivity index (χ1v) is 6.39. The number of rotatable bonds is 4. The van der Waals surface area contributed by atoms with E-state index in [1.807, 2.05) is 6.92 Å². The monoisotopic (exact) mass is 303 g/mol. The molecule has 116 valence electrons. The van der Waals surface area contributed by atoms with Crippen molar-refractivity contribution < 1.29 is 22.7 Å². The highest BCUT2D eigenvalue weighted by atomic mass is 19.4. The summed E-state index contributed by atoms with van der Waals surface area (Å²) in [6.45, 7) is 4.87. The number of hydrogen-bond donors (Lipinski definition) is 0.